The molecular weight excluding hydrogens is 350 g/mol. The Balaban J connectivity index is 1.38. The van der Waals surface area contributed by atoms with E-state index in [9.17, 15) is 0 Å². The van der Waals surface area contributed by atoms with Gasteiger partial charge >= 0.3 is 0 Å². The Morgan fingerprint density at radius 2 is 1.96 bits per heavy atom. The van der Waals surface area contributed by atoms with Crippen molar-refractivity contribution in [1.82, 2.24) is 9.80 Å². The Hall–Kier alpha value is -1.39. The van der Waals surface area contributed by atoms with Crippen LogP contribution in [0.25, 0.3) is 0 Å². The first kappa shape index (κ1) is 17.7. The fourth-order valence-electron chi connectivity index (χ4n) is 6.03. The summed E-state index contributed by atoms with van der Waals surface area (Å²) in [6.07, 6.45) is 10.7. The first-order valence-corrected chi connectivity index (χ1v) is 11.2. The van der Waals surface area contributed by atoms with Gasteiger partial charge in [-0.25, -0.2) is 0 Å². The number of rotatable bonds is 1. The van der Waals surface area contributed by atoms with Gasteiger partial charge < -0.3 is 10.2 Å². The Bertz CT molecular complexity index is 740. The lowest BCUT2D eigenvalue weighted by molar-refractivity contribution is 0.0132. The summed E-state index contributed by atoms with van der Waals surface area (Å²) in [5, 5.41) is 4.43. The molecule has 1 aliphatic carbocycles. The van der Waals surface area contributed by atoms with Crippen molar-refractivity contribution in [3.8, 4) is 0 Å². The molecule has 0 saturated carbocycles. The monoisotopic (exact) mass is 381 g/mol. The molecule has 3 nitrogen and oxygen atoms in total. The smallest absolute Gasteiger partial charge is 0.173 e. The highest BCUT2D eigenvalue weighted by molar-refractivity contribution is 7.80. The van der Waals surface area contributed by atoms with Crippen LogP contribution in [0.5, 0.6) is 0 Å². The largest absolute Gasteiger partial charge is 0.342 e. The van der Waals surface area contributed by atoms with Crippen LogP contribution in [-0.2, 0) is 0 Å². The van der Waals surface area contributed by atoms with Crippen LogP contribution in [0.15, 0.2) is 35.9 Å². The molecule has 0 radical (unpaired) electrons. The van der Waals surface area contributed by atoms with E-state index >= 15 is 0 Å². The summed E-state index contributed by atoms with van der Waals surface area (Å²) in [6, 6.07) is 9.90. The van der Waals surface area contributed by atoms with Crippen molar-refractivity contribution >= 4 is 23.0 Å². The Kier molecular flexibility index (Phi) is 4.73. The molecule has 0 aromatic heterocycles. The second-order valence-corrected chi connectivity index (χ2v) is 9.38. The third-order valence-electron chi connectivity index (χ3n) is 7.22. The molecule has 3 aliphatic heterocycles. The first-order chi connectivity index (χ1) is 13.2. The van der Waals surface area contributed by atoms with Crippen molar-refractivity contribution in [3.05, 3.63) is 41.5 Å². The molecule has 5 rings (SSSR count). The number of anilines is 1. The van der Waals surface area contributed by atoms with Crippen LogP contribution in [0.3, 0.4) is 0 Å². The Labute approximate surface area is 168 Å². The molecule has 1 aromatic carbocycles. The summed E-state index contributed by atoms with van der Waals surface area (Å²) in [5.74, 6) is 1.52. The van der Waals surface area contributed by atoms with Gasteiger partial charge in [-0.1, -0.05) is 35.8 Å². The third kappa shape index (κ3) is 3.31. The van der Waals surface area contributed by atoms with Crippen LogP contribution in [0.1, 0.15) is 44.1 Å². The zero-order valence-electron chi connectivity index (χ0n) is 16.4. The number of nitrogens with zero attached hydrogens (tertiary/aromatic N) is 2. The number of benzene rings is 1. The van der Waals surface area contributed by atoms with E-state index in [0.717, 1.165) is 35.2 Å². The maximum atomic E-state index is 5.89. The van der Waals surface area contributed by atoms with E-state index in [2.05, 4.69) is 52.4 Å². The van der Waals surface area contributed by atoms with Crippen molar-refractivity contribution in [2.24, 2.45) is 11.8 Å². The molecule has 27 heavy (non-hydrogen) atoms. The number of fused-ring (bicyclic) bond motifs is 6. The molecule has 4 atom stereocenters. The van der Waals surface area contributed by atoms with Crippen molar-refractivity contribution in [2.75, 3.05) is 25.0 Å². The Morgan fingerprint density at radius 3 is 2.81 bits per heavy atom. The summed E-state index contributed by atoms with van der Waals surface area (Å²) < 4.78 is 0. The van der Waals surface area contributed by atoms with Crippen LogP contribution in [0, 0.1) is 18.8 Å². The van der Waals surface area contributed by atoms with E-state index < -0.39 is 0 Å². The van der Waals surface area contributed by atoms with Gasteiger partial charge in [0.1, 0.15) is 0 Å². The van der Waals surface area contributed by atoms with Crippen LogP contribution < -0.4 is 5.32 Å². The summed E-state index contributed by atoms with van der Waals surface area (Å²) in [6.45, 7) is 5.79. The number of thiocarbonyl (C=S) groups is 1. The number of hydrogen-bond donors (Lipinski definition) is 1. The lowest BCUT2D eigenvalue weighted by Gasteiger charge is -2.55. The molecule has 0 amide bonds. The second-order valence-electron chi connectivity index (χ2n) is 9.00. The normalized spacial score (nSPS) is 32.9. The quantitative estimate of drug-likeness (QED) is 0.566. The standard InChI is InChI=1S/C23H31N3S/c1-16-7-9-20(10-8-16)24-23(27)26-12-4-5-17-13-18-14-19(22(17)26)15-25-11-3-2-6-21(18)25/h7-10,13,18-19,21-22H,2-6,11-12,14-15H2,1H3,(H,24,27)/t18?,19?,21-,22-/m1/s1. The van der Waals surface area contributed by atoms with E-state index in [0.29, 0.717) is 6.04 Å². The number of aryl methyl sites for hydroxylation is 1. The van der Waals surface area contributed by atoms with Gasteiger partial charge in [-0.2, -0.15) is 0 Å². The molecule has 144 valence electrons. The second kappa shape index (κ2) is 7.21. The minimum absolute atomic E-state index is 0.517. The van der Waals surface area contributed by atoms with Crippen molar-refractivity contribution in [1.29, 1.82) is 0 Å². The summed E-state index contributed by atoms with van der Waals surface area (Å²) in [4.78, 5) is 5.31. The van der Waals surface area contributed by atoms with Gasteiger partial charge in [-0.15, -0.1) is 0 Å². The minimum Gasteiger partial charge on any atom is -0.342 e. The summed E-state index contributed by atoms with van der Waals surface area (Å²) in [5.41, 5.74) is 4.07. The van der Waals surface area contributed by atoms with Crippen molar-refractivity contribution in [2.45, 2.75) is 57.5 Å². The molecule has 2 bridgehead atoms. The molecule has 1 N–H and O–H groups in total. The van der Waals surface area contributed by atoms with E-state index in [1.54, 1.807) is 5.57 Å². The molecular formula is C23H31N3S. The first-order valence-electron chi connectivity index (χ1n) is 10.8. The van der Waals surface area contributed by atoms with Crippen LogP contribution in [-0.4, -0.2) is 46.6 Å². The van der Waals surface area contributed by atoms with Crippen molar-refractivity contribution in [3.63, 3.8) is 0 Å². The average molecular weight is 382 g/mol. The molecule has 3 saturated heterocycles. The predicted octanol–water partition coefficient (Wildman–Crippen LogP) is 4.59. The molecule has 3 heterocycles. The fraction of sp³-hybridized carbons (Fsp3) is 0.609. The van der Waals surface area contributed by atoms with Gasteiger partial charge in [-0.3, -0.25) is 4.90 Å². The maximum absolute atomic E-state index is 5.89. The van der Waals surface area contributed by atoms with Gasteiger partial charge in [0.05, 0.1) is 6.04 Å². The van der Waals surface area contributed by atoms with Gasteiger partial charge in [0.15, 0.2) is 5.11 Å². The van der Waals surface area contributed by atoms with Crippen LogP contribution in [0.2, 0.25) is 0 Å². The molecule has 4 heteroatoms. The molecule has 4 aliphatic rings. The maximum Gasteiger partial charge on any atom is 0.173 e. The number of piperidine rings is 3. The molecule has 2 unspecified atom stereocenters. The minimum atomic E-state index is 0.517. The lowest BCUT2D eigenvalue weighted by Crippen LogP contribution is -2.60. The summed E-state index contributed by atoms with van der Waals surface area (Å²) in [7, 11) is 0. The van der Waals surface area contributed by atoms with Gasteiger partial charge in [-0.05, 0) is 81.8 Å². The summed E-state index contributed by atoms with van der Waals surface area (Å²) >= 11 is 5.89. The molecule has 3 fully saturated rings. The highest BCUT2D eigenvalue weighted by Crippen LogP contribution is 2.45. The molecule has 0 spiro atoms. The number of hydrogen-bond acceptors (Lipinski definition) is 2. The average Bonchev–Trinajstić information content (AvgIpc) is 2.69. The van der Waals surface area contributed by atoms with Gasteiger partial charge in [0.2, 0.25) is 0 Å². The highest BCUT2D eigenvalue weighted by Gasteiger charge is 2.46. The van der Waals surface area contributed by atoms with Crippen molar-refractivity contribution < 1.29 is 0 Å². The highest BCUT2D eigenvalue weighted by atomic mass is 32.1. The van der Waals surface area contributed by atoms with E-state index in [1.165, 1.54) is 57.2 Å². The zero-order chi connectivity index (χ0) is 18.4. The SMILES string of the molecule is Cc1ccc(NC(=S)N2CCCC3=CC4CC(CN5CCCC[C@H]45)[C@@H]32)cc1. The lowest BCUT2D eigenvalue weighted by atomic mass is 9.68. The number of likely N-dealkylation sites (tertiary alicyclic amines) is 1. The van der Waals surface area contributed by atoms with E-state index in [1.807, 2.05) is 0 Å². The third-order valence-corrected chi connectivity index (χ3v) is 7.56. The predicted molar refractivity (Wildman–Crippen MR) is 116 cm³/mol. The zero-order valence-corrected chi connectivity index (χ0v) is 17.2. The topological polar surface area (TPSA) is 18.5 Å². The van der Waals surface area contributed by atoms with Gasteiger partial charge in [0.25, 0.3) is 0 Å². The molecule has 1 aromatic rings. The van der Waals surface area contributed by atoms with E-state index in [-0.39, 0.29) is 0 Å². The Morgan fingerprint density at radius 1 is 1.11 bits per heavy atom. The van der Waals surface area contributed by atoms with Gasteiger partial charge in [0, 0.05) is 24.8 Å². The fourth-order valence-corrected chi connectivity index (χ4v) is 6.36. The number of nitrogens with one attached hydrogen (secondary N) is 1. The van der Waals surface area contributed by atoms with Crippen LogP contribution in [0.4, 0.5) is 5.69 Å². The van der Waals surface area contributed by atoms with Crippen LogP contribution >= 0.6 is 12.2 Å². The van der Waals surface area contributed by atoms with E-state index in [4.69, 9.17) is 12.2 Å².